The standard InChI is InChI=1S/C16H13F2N5O4S/c1-9-8-22(21-20-9)10-3-4-15(19-7-10)23(28(25)26)14-6-12(17)11(5-13(14)18)16(24)27-2/h3-8H,1-2H3,(H,25,26)/p-1. The third-order valence-corrected chi connectivity index (χ3v) is 4.30. The molecule has 3 aromatic rings. The Morgan fingerprint density at radius 3 is 2.57 bits per heavy atom. The Hall–Kier alpha value is -3.25. The second-order valence-corrected chi connectivity index (χ2v) is 6.27. The van der Waals surface area contributed by atoms with Crippen LogP contribution in [0.15, 0.2) is 36.7 Å². The van der Waals surface area contributed by atoms with E-state index in [0.29, 0.717) is 27.8 Å². The normalized spacial score (nSPS) is 11.9. The summed E-state index contributed by atoms with van der Waals surface area (Å²) in [6, 6.07) is 3.90. The van der Waals surface area contributed by atoms with Crippen molar-refractivity contribution in [3.05, 3.63) is 59.6 Å². The van der Waals surface area contributed by atoms with Crippen LogP contribution in [-0.4, -0.2) is 41.8 Å². The Bertz CT molecular complexity index is 1060. The Kier molecular flexibility index (Phi) is 5.42. The quantitative estimate of drug-likeness (QED) is 0.468. The summed E-state index contributed by atoms with van der Waals surface area (Å²) in [5.41, 5.74) is -0.163. The van der Waals surface area contributed by atoms with Gasteiger partial charge >= 0.3 is 5.97 Å². The predicted octanol–water partition coefficient (Wildman–Crippen LogP) is 1.97. The van der Waals surface area contributed by atoms with Crippen LogP contribution in [-0.2, 0) is 16.0 Å². The molecule has 9 nitrogen and oxygen atoms in total. The first-order valence-electron chi connectivity index (χ1n) is 7.64. The van der Waals surface area contributed by atoms with Gasteiger partial charge in [-0.25, -0.2) is 23.2 Å². The van der Waals surface area contributed by atoms with E-state index in [1.54, 1.807) is 13.1 Å². The van der Waals surface area contributed by atoms with Crippen molar-refractivity contribution >= 4 is 28.7 Å². The summed E-state index contributed by atoms with van der Waals surface area (Å²) < 4.78 is 58.2. The average Bonchev–Trinajstić information content (AvgIpc) is 3.10. The monoisotopic (exact) mass is 408 g/mol. The van der Waals surface area contributed by atoms with Crippen molar-refractivity contribution in [3.8, 4) is 5.69 Å². The molecule has 1 aromatic carbocycles. The summed E-state index contributed by atoms with van der Waals surface area (Å²) in [4.78, 5) is 15.4. The highest BCUT2D eigenvalue weighted by molar-refractivity contribution is 7.81. The lowest BCUT2D eigenvalue weighted by Crippen LogP contribution is -2.22. The van der Waals surface area contributed by atoms with Crippen LogP contribution in [0.2, 0.25) is 0 Å². The molecule has 0 N–H and O–H groups in total. The van der Waals surface area contributed by atoms with E-state index in [-0.39, 0.29) is 5.82 Å². The van der Waals surface area contributed by atoms with Crippen LogP contribution in [0.4, 0.5) is 20.3 Å². The molecule has 0 spiro atoms. The number of hydrogen-bond donors (Lipinski definition) is 0. The van der Waals surface area contributed by atoms with Gasteiger partial charge in [-0.2, -0.15) is 0 Å². The summed E-state index contributed by atoms with van der Waals surface area (Å²) in [6.45, 7) is 1.74. The van der Waals surface area contributed by atoms with Crippen LogP contribution in [0.1, 0.15) is 16.1 Å². The van der Waals surface area contributed by atoms with Crippen LogP contribution >= 0.6 is 0 Å². The largest absolute Gasteiger partial charge is 0.755 e. The van der Waals surface area contributed by atoms with Gasteiger partial charge in [0.1, 0.15) is 17.5 Å². The lowest BCUT2D eigenvalue weighted by atomic mass is 10.2. The van der Waals surface area contributed by atoms with E-state index in [1.807, 2.05) is 0 Å². The van der Waals surface area contributed by atoms with E-state index in [0.717, 1.165) is 7.11 Å². The lowest BCUT2D eigenvalue weighted by Gasteiger charge is -2.26. The molecule has 0 bridgehead atoms. The van der Waals surface area contributed by atoms with E-state index in [4.69, 9.17) is 0 Å². The summed E-state index contributed by atoms with van der Waals surface area (Å²) in [5, 5.41) is 7.68. The number of rotatable bonds is 5. The molecular formula is C16H12F2N5O4S-. The van der Waals surface area contributed by atoms with E-state index in [9.17, 15) is 22.3 Å². The molecule has 12 heteroatoms. The van der Waals surface area contributed by atoms with Crippen molar-refractivity contribution in [3.63, 3.8) is 0 Å². The maximum absolute atomic E-state index is 14.4. The highest BCUT2D eigenvalue weighted by atomic mass is 32.2. The fourth-order valence-electron chi connectivity index (χ4n) is 2.35. The molecule has 0 radical (unpaired) electrons. The maximum atomic E-state index is 14.4. The number of ether oxygens (including phenoxy) is 1. The first-order chi connectivity index (χ1) is 13.3. The summed E-state index contributed by atoms with van der Waals surface area (Å²) in [5.74, 6) is -3.58. The number of benzene rings is 1. The van der Waals surface area contributed by atoms with Gasteiger partial charge in [0.15, 0.2) is 0 Å². The smallest absolute Gasteiger partial charge is 0.340 e. The van der Waals surface area contributed by atoms with Crippen LogP contribution in [0, 0.1) is 18.6 Å². The number of esters is 1. The minimum absolute atomic E-state index is 0.196. The van der Waals surface area contributed by atoms with Gasteiger partial charge in [0.25, 0.3) is 0 Å². The van der Waals surface area contributed by atoms with Crippen molar-refractivity contribution in [2.75, 3.05) is 11.4 Å². The Morgan fingerprint density at radius 1 is 1.29 bits per heavy atom. The van der Waals surface area contributed by atoms with Crippen molar-refractivity contribution < 1.29 is 27.1 Å². The summed E-state index contributed by atoms with van der Waals surface area (Å²) in [7, 11) is 1.01. The number of aromatic nitrogens is 4. The van der Waals surface area contributed by atoms with Crippen LogP contribution in [0.25, 0.3) is 5.69 Å². The fourth-order valence-corrected chi connectivity index (χ4v) is 2.91. The molecule has 28 heavy (non-hydrogen) atoms. The third kappa shape index (κ3) is 3.73. The van der Waals surface area contributed by atoms with E-state index in [2.05, 4.69) is 20.0 Å². The van der Waals surface area contributed by atoms with Crippen molar-refractivity contribution in [1.82, 2.24) is 20.0 Å². The van der Waals surface area contributed by atoms with E-state index >= 15 is 0 Å². The van der Waals surface area contributed by atoms with Gasteiger partial charge in [0.2, 0.25) is 0 Å². The molecule has 146 valence electrons. The topological polar surface area (TPSA) is 113 Å². The first-order valence-corrected chi connectivity index (χ1v) is 8.67. The number of halogens is 2. The van der Waals surface area contributed by atoms with Gasteiger partial charge in [-0.3, -0.25) is 8.51 Å². The average molecular weight is 408 g/mol. The molecule has 0 saturated heterocycles. The Morgan fingerprint density at radius 2 is 2.04 bits per heavy atom. The molecule has 0 fully saturated rings. The molecule has 2 aromatic heterocycles. The van der Waals surface area contributed by atoms with Gasteiger partial charge in [0, 0.05) is 6.07 Å². The van der Waals surface area contributed by atoms with Gasteiger partial charge in [-0.15, -0.1) is 5.10 Å². The number of carbonyl (C=O) groups excluding carboxylic acids is 1. The van der Waals surface area contributed by atoms with Gasteiger partial charge in [-0.05, 0) is 25.1 Å². The Balaban J connectivity index is 2.02. The maximum Gasteiger partial charge on any atom is 0.340 e. The van der Waals surface area contributed by atoms with Gasteiger partial charge in [-0.1, -0.05) is 5.21 Å². The fraction of sp³-hybridized carbons (Fsp3) is 0.125. The molecule has 2 heterocycles. The van der Waals surface area contributed by atoms with Crippen molar-refractivity contribution in [2.24, 2.45) is 0 Å². The highest BCUT2D eigenvalue weighted by Crippen LogP contribution is 2.30. The highest BCUT2D eigenvalue weighted by Gasteiger charge is 2.22. The zero-order chi connectivity index (χ0) is 20.4. The third-order valence-electron chi connectivity index (χ3n) is 3.62. The number of nitrogens with zero attached hydrogens (tertiary/aromatic N) is 5. The first kappa shape index (κ1) is 19.5. The van der Waals surface area contributed by atoms with E-state index in [1.165, 1.54) is 23.0 Å². The second-order valence-electron chi connectivity index (χ2n) is 5.47. The molecule has 0 amide bonds. The molecule has 0 aliphatic rings. The zero-order valence-corrected chi connectivity index (χ0v) is 15.3. The minimum Gasteiger partial charge on any atom is -0.755 e. The summed E-state index contributed by atoms with van der Waals surface area (Å²) >= 11 is -3.03. The predicted molar refractivity (Wildman–Crippen MR) is 92.6 cm³/mol. The molecule has 3 rings (SSSR count). The zero-order valence-electron chi connectivity index (χ0n) is 14.5. The number of carbonyl (C=O) groups is 1. The van der Waals surface area contributed by atoms with Crippen LogP contribution in [0.3, 0.4) is 0 Å². The molecule has 0 aliphatic carbocycles. The molecule has 1 unspecified atom stereocenters. The van der Waals surface area contributed by atoms with Crippen LogP contribution < -0.4 is 4.31 Å². The van der Waals surface area contributed by atoms with Crippen molar-refractivity contribution in [1.29, 1.82) is 0 Å². The van der Waals surface area contributed by atoms with Crippen LogP contribution in [0.5, 0.6) is 0 Å². The molecule has 0 saturated carbocycles. The van der Waals surface area contributed by atoms with Gasteiger partial charge < -0.3 is 9.29 Å². The minimum atomic E-state index is -3.03. The SMILES string of the molecule is COC(=O)c1cc(F)c(N(c2ccc(-n3cc(C)nn3)cn2)S(=O)[O-])cc1F. The Labute approximate surface area is 160 Å². The van der Waals surface area contributed by atoms with E-state index < -0.39 is 40.1 Å². The number of anilines is 2. The summed E-state index contributed by atoms with van der Waals surface area (Å²) in [6.07, 6.45) is 2.92. The number of hydrogen-bond acceptors (Lipinski definition) is 7. The second kappa shape index (κ2) is 7.78. The number of methoxy groups -OCH3 is 1. The lowest BCUT2D eigenvalue weighted by molar-refractivity contribution is 0.0595. The number of pyridine rings is 1. The molecule has 1 atom stereocenters. The van der Waals surface area contributed by atoms with Gasteiger partial charge in [0.05, 0.1) is 53.4 Å². The van der Waals surface area contributed by atoms with Crippen molar-refractivity contribution in [2.45, 2.75) is 6.92 Å². The molecule has 0 aliphatic heterocycles. The number of aryl methyl sites for hydroxylation is 1. The molecular weight excluding hydrogens is 396 g/mol.